The molecule has 0 spiro atoms. The molecule has 2 aliphatic rings. The van der Waals surface area contributed by atoms with Gasteiger partial charge in [-0.15, -0.1) is 0 Å². The lowest BCUT2D eigenvalue weighted by molar-refractivity contribution is -0.134. The first-order valence-electron chi connectivity index (χ1n) is 9.68. The molecule has 4 rings (SSSR count). The Hall–Kier alpha value is -1.95. The maximum atomic E-state index is 13.2. The van der Waals surface area contributed by atoms with Crippen molar-refractivity contribution in [3.8, 4) is 0 Å². The van der Waals surface area contributed by atoms with Crippen LogP contribution in [0.25, 0.3) is 0 Å². The topological polar surface area (TPSA) is 53.9 Å². The van der Waals surface area contributed by atoms with Gasteiger partial charge >= 0.3 is 0 Å². The third-order valence-corrected chi connectivity index (χ3v) is 6.11. The molecule has 2 fully saturated rings. The van der Waals surface area contributed by atoms with E-state index in [0.717, 1.165) is 38.3 Å². The Labute approximate surface area is 159 Å². The molecule has 1 aromatic carbocycles. The molecule has 1 atom stereocenters. The summed E-state index contributed by atoms with van der Waals surface area (Å²) in [5, 5.41) is 7.36. The van der Waals surface area contributed by atoms with Crippen molar-refractivity contribution in [2.75, 3.05) is 13.1 Å². The Bertz CT molecular complexity index is 816. The first-order chi connectivity index (χ1) is 12.7. The molecule has 0 unspecified atom stereocenters. The average molecular weight is 371 g/mol. The van der Waals surface area contributed by atoms with Crippen molar-refractivity contribution >= 4 is 18.1 Å². The fourth-order valence-corrected chi connectivity index (χ4v) is 4.48. The minimum atomic E-state index is 0.0398. The molecule has 5 nitrogen and oxygen atoms in total. The van der Waals surface area contributed by atoms with Crippen LogP contribution in [-0.2, 0) is 11.3 Å². The Balaban J connectivity index is 1.45. The maximum absolute atomic E-state index is 13.2. The van der Waals surface area contributed by atoms with Gasteiger partial charge in [0.25, 0.3) is 0 Å². The predicted octanol–water partition coefficient (Wildman–Crippen LogP) is 3.86. The fraction of sp³-hybridized carbons (Fsp3) is 0.550. The van der Waals surface area contributed by atoms with Crippen molar-refractivity contribution in [2.24, 2.45) is 5.92 Å². The zero-order valence-electron chi connectivity index (χ0n) is 15.2. The summed E-state index contributed by atoms with van der Waals surface area (Å²) in [7, 11) is 0. The van der Waals surface area contributed by atoms with Crippen LogP contribution in [-0.4, -0.2) is 38.7 Å². The van der Waals surface area contributed by atoms with Gasteiger partial charge in [0.2, 0.25) is 5.91 Å². The van der Waals surface area contributed by atoms with Gasteiger partial charge in [-0.25, -0.2) is 0 Å². The van der Waals surface area contributed by atoms with Gasteiger partial charge in [-0.1, -0.05) is 30.3 Å². The summed E-state index contributed by atoms with van der Waals surface area (Å²) in [6.07, 6.45) is 4.26. The second-order valence-electron chi connectivity index (χ2n) is 7.46. The van der Waals surface area contributed by atoms with E-state index in [9.17, 15) is 4.79 Å². The quantitative estimate of drug-likeness (QED) is 0.813. The molecule has 1 saturated carbocycles. The molecule has 2 heterocycles. The van der Waals surface area contributed by atoms with Gasteiger partial charge in [0, 0.05) is 25.6 Å². The molecule has 1 aromatic heterocycles. The predicted molar refractivity (Wildman–Crippen MR) is 104 cm³/mol. The monoisotopic (exact) mass is 370 g/mol. The lowest BCUT2D eigenvalue weighted by Crippen LogP contribution is -2.41. The molecule has 1 saturated heterocycles. The Morgan fingerprint density at radius 1 is 1.23 bits per heavy atom. The standard InChI is InChI=1S/C20H26N4OS/c1-2-24-18(21-22-20(24)26)16-10-12-23(13-11-16)19(25)17(15-8-9-15)14-6-4-3-5-7-14/h3-7,15-17H,2,8-13H2,1H3,(H,22,26)/t17-/m1/s1. The normalized spacial score (nSPS) is 19.5. The Morgan fingerprint density at radius 2 is 1.92 bits per heavy atom. The second kappa shape index (κ2) is 7.35. The minimum absolute atomic E-state index is 0.0398. The van der Waals surface area contributed by atoms with E-state index in [4.69, 9.17) is 12.2 Å². The lowest BCUT2D eigenvalue weighted by atomic mass is 9.90. The number of carbonyl (C=O) groups excluding carboxylic acids is 1. The molecule has 0 radical (unpaired) electrons. The van der Waals surface area contributed by atoms with Gasteiger partial charge in [-0.2, -0.15) is 5.10 Å². The van der Waals surface area contributed by atoms with Crippen LogP contribution in [0.2, 0.25) is 0 Å². The Kier molecular flexibility index (Phi) is 4.94. The number of amides is 1. The van der Waals surface area contributed by atoms with E-state index < -0.39 is 0 Å². The van der Waals surface area contributed by atoms with Crippen LogP contribution in [0, 0.1) is 10.7 Å². The number of benzene rings is 1. The van der Waals surface area contributed by atoms with E-state index in [1.54, 1.807) is 0 Å². The van der Waals surface area contributed by atoms with E-state index in [1.165, 1.54) is 18.4 Å². The zero-order valence-corrected chi connectivity index (χ0v) is 16.0. The van der Waals surface area contributed by atoms with Gasteiger partial charge in [-0.05, 0) is 56.3 Å². The Morgan fingerprint density at radius 3 is 2.54 bits per heavy atom. The number of hydrogen-bond donors (Lipinski definition) is 1. The van der Waals surface area contributed by atoms with Crippen LogP contribution in [0.15, 0.2) is 30.3 Å². The first kappa shape index (κ1) is 17.5. The molecule has 0 bridgehead atoms. The molecule has 1 amide bonds. The minimum Gasteiger partial charge on any atom is -0.342 e. The first-order valence-corrected chi connectivity index (χ1v) is 10.1. The number of likely N-dealkylation sites (tertiary alicyclic amines) is 1. The van der Waals surface area contributed by atoms with Crippen LogP contribution in [0.5, 0.6) is 0 Å². The van der Waals surface area contributed by atoms with Gasteiger partial charge in [-0.3, -0.25) is 9.89 Å². The van der Waals surface area contributed by atoms with Crippen LogP contribution in [0.3, 0.4) is 0 Å². The number of rotatable bonds is 5. The van der Waals surface area contributed by atoms with Crippen molar-refractivity contribution in [3.63, 3.8) is 0 Å². The summed E-state index contributed by atoms with van der Waals surface area (Å²) in [6, 6.07) is 10.3. The third kappa shape index (κ3) is 3.34. The highest BCUT2D eigenvalue weighted by atomic mass is 32.1. The summed E-state index contributed by atoms with van der Waals surface area (Å²) in [5.41, 5.74) is 1.17. The summed E-state index contributed by atoms with van der Waals surface area (Å²) in [5.74, 6) is 2.30. The molecule has 6 heteroatoms. The smallest absolute Gasteiger partial charge is 0.230 e. The summed E-state index contributed by atoms with van der Waals surface area (Å²) < 4.78 is 2.77. The molecule has 1 aliphatic carbocycles. The number of nitrogens with zero attached hydrogens (tertiary/aromatic N) is 3. The zero-order chi connectivity index (χ0) is 18.1. The van der Waals surface area contributed by atoms with Gasteiger partial charge in [0.1, 0.15) is 5.82 Å². The SMILES string of the molecule is CCn1c(C2CCN(C(=O)[C@H](c3ccccc3)C3CC3)CC2)n[nH]c1=S. The van der Waals surface area contributed by atoms with Crippen LogP contribution >= 0.6 is 12.2 Å². The maximum Gasteiger partial charge on any atom is 0.230 e. The van der Waals surface area contributed by atoms with Crippen molar-refractivity contribution in [1.82, 2.24) is 19.7 Å². The summed E-state index contributed by atoms with van der Waals surface area (Å²) in [4.78, 5) is 15.3. The highest BCUT2D eigenvalue weighted by Crippen LogP contribution is 2.44. The van der Waals surface area contributed by atoms with E-state index >= 15 is 0 Å². The number of nitrogens with one attached hydrogen (secondary N) is 1. The largest absolute Gasteiger partial charge is 0.342 e. The number of aromatic amines is 1. The lowest BCUT2D eigenvalue weighted by Gasteiger charge is -2.34. The molecule has 2 aromatic rings. The number of H-pyrrole nitrogens is 1. The average Bonchev–Trinajstić information content (AvgIpc) is 3.44. The van der Waals surface area contributed by atoms with E-state index in [2.05, 4.69) is 38.7 Å². The van der Waals surface area contributed by atoms with E-state index in [0.29, 0.717) is 22.5 Å². The van der Waals surface area contributed by atoms with Crippen molar-refractivity contribution in [1.29, 1.82) is 0 Å². The van der Waals surface area contributed by atoms with Crippen LogP contribution in [0.1, 0.15) is 55.8 Å². The number of hydrogen-bond acceptors (Lipinski definition) is 3. The summed E-state index contributed by atoms with van der Waals surface area (Å²) >= 11 is 5.31. The third-order valence-electron chi connectivity index (χ3n) is 5.79. The van der Waals surface area contributed by atoms with E-state index in [-0.39, 0.29) is 5.92 Å². The van der Waals surface area contributed by atoms with E-state index in [1.807, 2.05) is 18.2 Å². The summed E-state index contributed by atoms with van der Waals surface area (Å²) in [6.45, 7) is 4.54. The van der Waals surface area contributed by atoms with Gasteiger partial charge in [0.15, 0.2) is 4.77 Å². The molecule has 1 aliphatic heterocycles. The number of aromatic nitrogens is 3. The van der Waals surface area contributed by atoms with Crippen molar-refractivity contribution in [2.45, 2.75) is 51.0 Å². The highest BCUT2D eigenvalue weighted by Gasteiger charge is 2.40. The van der Waals surface area contributed by atoms with Crippen LogP contribution in [0.4, 0.5) is 0 Å². The molecular formula is C20H26N4OS. The van der Waals surface area contributed by atoms with Gasteiger partial charge in [0.05, 0.1) is 5.92 Å². The molecule has 138 valence electrons. The number of piperidine rings is 1. The number of carbonyl (C=O) groups is 1. The van der Waals surface area contributed by atoms with Crippen molar-refractivity contribution < 1.29 is 4.79 Å². The molecule has 1 N–H and O–H groups in total. The molecular weight excluding hydrogens is 344 g/mol. The van der Waals surface area contributed by atoms with Crippen LogP contribution < -0.4 is 0 Å². The second-order valence-corrected chi connectivity index (χ2v) is 7.84. The van der Waals surface area contributed by atoms with Gasteiger partial charge < -0.3 is 9.47 Å². The molecule has 26 heavy (non-hydrogen) atoms. The fourth-order valence-electron chi connectivity index (χ4n) is 4.21. The highest BCUT2D eigenvalue weighted by molar-refractivity contribution is 7.71. The van der Waals surface area contributed by atoms with Crippen molar-refractivity contribution in [3.05, 3.63) is 46.5 Å².